The van der Waals surface area contributed by atoms with E-state index in [2.05, 4.69) is 5.32 Å². The third kappa shape index (κ3) is 8.93. The molecule has 0 bridgehead atoms. The van der Waals surface area contributed by atoms with Crippen LogP contribution >= 0.6 is 11.6 Å². The molecule has 0 saturated carbocycles. The first kappa shape index (κ1) is 30.4. The predicted molar refractivity (Wildman–Crippen MR) is 149 cm³/mol. The second kappa shape index (κ2) is 14.2. The lowest BCUT2D eigenvalue weighted by atomic mass is 10.1. The summed E-state index contributed by atoms with van der Waals surface area (Å²) in [6, 6.07) is 11.7. The fourth-order valence-corrected chi connectivity index (χ4v) is 5.08. The highest BCUT2D eigenvalue weighted by atomic mass is 35.5. The zero-order valence-electron chi connectivity index (χ0n) is 22.3. The SMILES string of the molecule is CCCCNC(=O)[C@H](C)N(Cc1ccc(OC)cc1)C(=O)CCCN(c1cccc(Cl)c1C)S(C)(=O)=O. The zero-order chi connectivity index (χ0) is 27.6. The maximum atomic E-state index is 13.4. The van der Waals surface area contributed by atoms with Crippen LogP contribution in [0.1, 0.15) is 50.7 Å². The van der Waals surface area contributed by atoms with Crippen LogP contribution < -0.4 is 14.4 Å². The maximum absolute atomic E-state index is 13.4. The molecule has 2 aromatic carbocycles. The van der Waals surface area contributed by atoms with E-state index in [4.69, 9.17) is 16.3 Å². The van der Waals surface area contributed by atoms with Crippen molar-refractivity contribution in [3.63, 3.8) is 0 Å². The number of carbonyl (C=O) groups is 2. The number of anilines is 1. The molecule has 0 aliphatic heterocycles. The molecule has 0 unspecified atom stereocenters. The van der Waals surface area contributed by atoms with E-state index in [9.17, 15) is 18.0 Å². The van der Waals surface area contributed by atoms with Gasteiger partial charge in [0.25, 0.3) is 0 Å². The van der Waals surface area contributed by atoms with Gasteiger partial charge < -0.3 is 15.0 Å². The minimum Gasteiger partial charge on any atom is -0.497 e. The molecule has 37 heavy (non-hydrogen) atoms. The van der Waals surface area contributed by atoms with E-state index < -0.39 is 16.1 Å². The molecule has 0 saturated heterocycles. The summed E-state index contributed by atoms with van der Waals surface area (Å²) < 4.78 is 31.6. The molecule has 0 radical (unpaired) electrons. The van der Waals surface area contributed by atoms with Crippen molar-refractivity contribution < 1.29 is 22.7 Å². The van der Waals surface area contributed by atoms with Crippen molar-refractivity contribution in [3.05, 3.63) is 58.6 Å². The van der Waals surface area contributed by atoms with E-state index in [1.807, 2.05) is 19.1 Å². The van der Waals surface area contributed by atoms with Crippen LogP contribution in [0.2, 0.25) is 5.02 Å². The first-order valence-corrected chi connectivity index (χ1v) is 14.6. The molecule has 2 rings (SSSR count). The van der Waals surface area contributed by atoms with E-state index in [0.29, 0.717) is 28.6 Å². The van der Waals surface area contributed by atoms with E-state index in [0.717, 1.165) is 24.7 Å². The molecule has 10 heteroatoms. The van der Waals surface area contributed by atoms with Crippen LogP contribution in [0, 0.1) is 6.92 Å². The van der Waals surface area contributed by atoms with Crippen LogP contribution in [-0.4, -0.2) is 57.6 Å². The fraction of sp³-hybridized carbons (Fsp3) is 0.481. The third-order valence-corrected chi connectivity index (χ3v) is 7.76. The average molecular weight is 552 g/mol. The van der Waals surface area contributed by atoms with Gasteiger partial charge in [-0.2, -0.15) is 0 Å². The molecule has 0 aromatic heterocycles. The van der Waals surface area contributed by atoms with Crippen molar-refractivity contribution in [2.24, 2.45) is 0 Å². The van der Waals surface area contributed by atoms with Gasteiger partial charge in [0.15, 0.2) is 0 Å². The van der Waals surface area contributed by atoms with E-state index >= 15 is 0 Å². The van der Waals surface area contributed by atoms with Crippen LogP contribution in [0.25, 0.3) is 0 Å². The summed E-state index contributed by atoms with van der Waals surface area (Å²) in [5, 5.41) is 3.37. The fourth-order valence-electron chi connectivity index (χ4n) is 3.90. The van der Waals surface area contributed by atoms with Crippen molar-refractivity contribution in [2.75, 3.05) is 30.8 Å². The molecule has 204 valence electrons. The van der Waals surface area contributed by atoms with Gasteiger partial charge in [-0.15, -0.1) is 0 Å². The molecule has 1 N–H and O–H groups in total. The normalized spacial score (nSPS) is 12.1. The van der Waals surface area contributed by atoms with Gasteiger partial charge in [-0.3, -0.25) is 13.9 Å². The van der Waals surface area contributed by atoms with E-state index in [-0.39, 0.29) is 37.7 Å². The molecular formula is C27H38ClN3O5S. The Morgan fingerprint density at radius 2 is 1.78 bits per heavy atom. The van der Waals surface area contributed by atoms with Crippen molar-refractivity contribution in [3.8, 4) is 5.75 Å². The number of ether oxygens (including phenoxy) is 1. The number of nitrogens with zero attached hydrogens (tertiary/aromatic N) is 2. The van der Waals surface area contributed by atoms with Gasteiger partial charge in [0, 0.05) is 31.1 Å². The highest BCUT2D eigenvalue weighted by Gasteiger charge is 2.27. The number of hydrogen-bond donors (Lipinski definition) is 1. The second-order valence-corrected chi connectivity index (χ2v) is 11.3. The molecule has 8 nitrogen and oxygen atoms in total. The smallest absolute Gasteiger partial charge is 0.242 e. The van der Waals surface area contributed by atoms with Crippen LogP contribution in [-0.2, 0) is 26.2 Å². The number of amides is 2. The molecule has 0 aliphatic carbocycles. The highest BCUT2D eigenvalue weighted by Crippen LogP contribution is 2.28. The van der Waals surface area contributed by atoms with Crippen molar-refractivity contribution >= 4 is 39.1 Å². The Morgan fingerprint density at radius 3 is 2.38 bits per heavy atom. The molecule has 0 fully saturated rings. The van der Waals surface area contributed by atoms with Crippen molar-refractivity contribution in [2.45, 2.75) is 59.0 Å². The lowest BCUT2D eigenvalue weighted by molar-refractivity contribution is -0.140. The second-order valence-electron chi connectivity index (χ2n) is 9.01. The van der Waals surface area contributed by atoms with Gasteiger partial charge in [0.1, 0.15) is 11.8 Å². The average Bonchev–Trinajstić information content (AvgIpc) is 2.86. The minimum atomic E-state index is -3.60. The van der Waals surface area contributed by atoms with Crippen LogP contribution in [0.4, 0.5) is 5.69 Å². The number of unbranched alkanes of at least 4 members (excludes halogenated alkanes) is 1. The Bertz CT molecular complexity index is 1160. The molecule has 2 amide bonds. The Labute approximate surface area is 226 Å². The monoisotopic (exact) mass is 551 g/mol. The van der Waals surface area contributed by atoms with E-state index in [1.165, 1.54) is 4.31 Å². The summed E-state index contributed by atoms with van der Waals surface area (Å²) >= 11 is 6.21. The van der Waals surface area contributed by atoms with Crippen LogP contribution in [0.3, 0.4) is 0 Å². The summed E-state index contributed by atoms with van der Waals surface area (Å²) in [7, 11) is -2.02. The molecule has 1 atom stereocenters. The number of nitrogens with one attached hydrogen (secondary N) is 1. The molecule has 0 aliphatic rings. The zero-order valence-corrected chi connectivity index (χ0v) is 23.9. The van der Waals surface area contributed by atoms with Crippen LogP contribution in [0.5, 0.6) is 5.75 Å². The number of hydrogen-bond acceptors (Lipinski definition) is 5. The molecule has 0 spiro atoms. The summed E-state index contributed by atoms with van der Waals surface area (Å²) in [4.78, 5) is 27.7. The largest absolute Gasteiger partial charge is 0.497 e. The van der Waals surface area contributed by atoms with E-state index in [1.54, 1.807) is 56.2 Å². The standard InChI is InChI=1S/C27H38ClN3O5S/c1-6-7-17-29-27(33)21(3)30(19-22-13-15-23(36-4)16-14-22)26(32)12-9-18-31(37(5,34)35)25-11-8-10-24(28)20(25)2/h8,10-11,13-16,21H,6-7,9,12,17-19H2,1-5H3,(H,29,33)/t21-/m0/s1. The Balaban J connectivity index is 2.18. The number of sulfonamides is 1. The Hall–Kier alpha value is -2.78. The van der Waals surface area contributed by atoms with Crippen LogP contribution in [0.15, 0.2) is 42.5 Å². The van der Waals surface area contributed by atoms with Gasteiger partial charge >= 0.3 is 0 Å². The number of halogens is 1. The highest BCUT2D eigenvalue weighted by molar-refractivity contribution is 7.92. The lowest BCUT2D eigenvalue weighted by Gasteiger charge is -2.29. The number of carbonyl (C=O) groups excluding carboxylic acids is 2. The van der Waals surface area contributed by atoms with Gasteiger partial charge in [-0.1, -0.05) is 43.1 Å². The van der Waals surface area contributed by atoms with Gasteiger partial charge in [0.05, 0.1) is 19.1 Å². The minimum absolute atomic E-state index is 0.0777. The summed E-state index contributed by atoms with van der Waals surface area (Å²) in [6.45, 7) is 6.41. The topological polar surface area (TPSA) is 96.0 Å². The van der Waals surface area contributed by atoms with Crippen molar-refractivity contribution in [1.82, 2.24) is 10.2 Å². The maximum Gasteiger partial charge on any atom is 0.242 e. The van der Waals surface area contributed by atoms with Crippen molar-refractivity contribution in [1.29, 1.82) is 0 Å². The molecule has 0 heterocycles. The third-order valence-electron chi connectivity index (χ3n) is 6.17. The first-order valence-electron chi connectivity index (χ1n) is 12.4. The Kier molecular flexibility index (Phi) is 11.7. The van der Waals surface area contributed by atoms with Gasteiger partial charge in [-0.05, 0) is 62.1 Å². The first-order chi connectivity index (χ1) is 17.5. The molecule has 2 aromatic rings. The summed E-state index contributed by atoms with van der Waals surface area (Å²) in [6.07, 6.45) is 3.30. The Morgan fingerprint density at radius 1 is 1.11 bits per heavy atom. The number of rotatable bonds is 14. The summed E-state index contributed by atoms with van der Waals surface area (Å²) in [5.41, 5.74) is 2.00. The summed E-state index contributed by atoms with van der Waals surface area (Å²) in [5.74, 6) is 0.247. The predicted octanol–water partition coefficient (Wildman–Crippen LogP) is 4.54. The van der Waals surface area contributed by atoms with Gasteiger partial charge in [0.2, 0.25) is 21.8 Å². The lowest BCUT2D eigenvalue weighted by Crippen LogP contribution is -2.48. The van der Waals surface area contributed by atoms with Gasteiger partial charge in [-0.25, -0.2) is 8.42 Å². The number of methoxy groups -OCH3 is 1. The molecular weight excluding hydrogens is 514 g/mol. The quantitative estimate of drug-likeness (QED) is 0.348. The number of benzene rings is 2.